The first-order valence-electron chi connectivity index (χ1n) is 32.5. The number of esters is 3. The average molecular weight is 1100 g/mol. The highest BCUT2D eigenvalue weighted by molar-refractivity contribution is 5.71. The fourth-order valence-corrected chi connectivity index (χ4v) is 8.51. The number of ether oxygens (including phenoxy) is 3. The van der Waals surface area contributed by atoms with Crippen LogP contribution in [0, 0.1) is 0 Å². The molecular formula is C74H118O6. The minimum atomic E-state index is -0.824. The number of rotatable bonds is 57. The molecule has 0 saturated heterocycles. The van der Waals surface area contributed by atoms with Gasteiger partial charge in [-0.15, -0.1) is 0 Å². The second-order valence-electron chi connectivity index (χ2n) is 20.9. The molecule has 0 aliphatic heterocycles. The Morgan fingerprint density at radius 1 is 0.263 bits per heavy atom. The zero-order valence-corrected chi connectivity index (χ0v) is 51.5. The molecule has 6 heteroatoms. The summed E-state index contributed by atoms with van der Waals surface area (Å²) in [6, 6.07) is 0. The van der Waals surface area contributed by atoms with Crippen LogP contribution in [0.1, 0.15) is 271 Å². The number of hydrogen-bond donors (Lipinski definition) is 0. The van der Waals surface area contributed by atoms with Gasteiger partial charge in [0.1, 0.15) is 13.2 Å². The Bertz CT molecular complexity index is 1790. The summed E-state index contributed by atoms with van der Waals surface area (Å²) in [5.41, 5.74) is 0. The molecule has 0 N–H and O–H groups in total. The molecule has 1 unspecified atom stereocenters. The van der Waals surface area contributed by atoms with E-state index in [2.05, 4.69) is 173 Å². The smallest absolute Gasteiger partial charge is 0.306 e. The van der Waals surface area contributed by atoms with Gasteiger partial charge in [0.2, 0.25) is 0 Å². The van der Waals surface area contributed by atoms with Gasteiger partial charge < -0.3 is 14.2 Å². The van der Waals surface area contributed by atoms with E-state index in [0.29, 0.717) is 19.3 Å². The van der Waals surface area contributed by atoms with Gasteiger partial charge in [-0.25, -0.2) is 0 Å². The summed E-state index contributed by atoms with van der Waals surface area (Å²) in [5.74, 6) is -1.00. The molecule has 1 atom stereocenters. The van der Waals surface area contributed by atoms with Crippen molar-refractivity contribution in [1.29, 1.82) is 0 Å². The maximum absolute atomic E-state index is 12.8. The Hall–Kier alpha value is -4.97. The van der Waals surface area contributed by atoms with Crippen LogP contribution in [0.5, 0.6) is 0 Å². The van der Waals surface area contributed by atoms with Gasteiger partial charge in [-0.1, -0.05) is 294 Å². The van der Waals surface area contributed by atoms with Gasteiger partial charge in [0, 0.05) is 19.3 Å². The molecule has 0 fully saturated rings. The van der Waals surface area contributed by atoms with Gasteiger partial charge in [0.05, 0.1) is 0 Å². The summed E-state index contributed by atoms with van der Waals surface area (Å²) in [5, 5.41) is 0. The van der Waals surface area contributed by atoms with Crippen LogP contribution in [0.3, 0.4) is 0 Å². The van der Waals surface area contributed by atoms with Crippen LogP contribution in [0.15, 0.2) is 158 Å². The van der Waals surface area contributed by atoms with Gasteiger partial charge in [0.15, 0.2) is 6.10 Å². The third kappa shape index (κ3) is 63.9. The molecule has 6 nitrogen and oxygen atoms in total. The molecule has 0 aromatic rings. The third-order valence-electron chi connectivity index (χ3n) is 13.3. The maximum atomic E-state index is 12.8. The molecule has 0 spiro atoms. The second-order valence-corrected chi connectivity index (χ2v) is 20.9. The zero-order valence-electron chi connectivity index (χ0n) is 51.5. The Morgan fingerprint density at radius 2 is 0.512 bits per heavy atom. The standard InChI is InChI=1S/C74H118O6/c1-4-7-10-13-16-19-22-24-26-28-30-31-32-33-34-35-36-37-38-39-40-41-42-43-45-46-48-50-52-55-58-61-64-67-73(76)79-70-71(69-78-72(75)66-63-60-57-54-21-18-15-12-9-6-3)80-74(77)68-65-62-59-56-53-51-49-47-44-29-27-25-23-20-17-14-11-8-5-2/h7-8,10-11,16-17,19-20,24-27,30-31,33-34,36-37,39-40,44,47,51,53,59,62,71H,4-6,9,12-15,18,21-23,28-29,32,35,38,41-43,45-46,48-50,52,54-58,60-61,63-70H2,1-3H3/b10-7-,11-8-,19-16-,20-17-,26-24-,27-25-,31-30-,34-33-,37-36-,40-39-,47-44-,53-51-,62-59-. The molecule has 0 aliphatic carbocycles. The largest absolute Gasteiger partial charge is 0.462 e. The van der Waals surface area contributed by atoms with Gasteiger partial charge in [-0.2, -0.15) is 0 Å². The highest BCUT2D eigenvalue weighted by atomic mass is 16.6. The van der Waals surface area contributed by atoms with Crippen molar-refractivity contribution < 1.29 is 28.6 Å². The highest BCUT2D eigenvalue weighted by Crippen LogP contribution is 2.15. The van der Waals surface area contributed by atoms with Crippen molar-refractivity contribution in [2.45, 2.75) is 277 Å². The summed E-state index contributed by atoms with van der Waals surface area (Å²) < 4.78 is 16.8. The topological polar surface area (TPSA) is 78.9 Å². The molecule has 0 saturated carbocycles. The Morgan fingerprint density at radius 3 is 0.812 bits per heavy atom. The number of carbonyl (C=O) groups is 3. The molecule has 0 heterocycles. The van der Waals surface area contributed by atoms with Crippen molar-refractivity contribution in [1.82, 2.24) is 0 Å². The third-order valence-corrected chi connectivity index (χ3v) is 13.3. The molecule has 80 heavy (non-hydrogen) atoms. The lowest BCUT2D eigenvalue weighted by Gasteiger charge is -2.18. The Labute approximate surface area is 492 Å². The predicted octanol–water partition coefficient (Wildman–Crippen LogP) is 22.5. The van der Waals surface area contributed by atoms with Gasteiger partial charge in [-0.05, 0) is 116 Å². The SMILES string of the molecule is CC/C=C\C/C=C\C/C=C\C/C=C\C/C=C\C/C=C\C/C=C\CCCCCCCCCCCCCC(=O)OCC(COC(=O)CCCCCCCCCCCC)OC(=O)CC/C=C\C/C=C\C/C=C\C/C=C\C/C=C\C/C=C\CC. The van der Waals surface area contributed by atoms with Crippen LogP contribution >= 0.6 is 0 Å². The van der Waals surface area contributed by atoms with E-state index in [1.165, 1.54) is 103 Å². The lowest BCUT2D eigenvalue weighted by atomic mass is 10.0. The van der Waals surface area contributed by atoms with E-state index in [9.17, 15) is 14.4 Å². The van der Waals surface area contributed by atoms with E-state index in [1.54, 1.807) is 0 Å². The van der Waals surface area contributed by atoms with Crippen molar-refractivity contribution >= 4 is 17.9 Å². The van der Waals surface area contributed by atoms with E-state index >= 15 is 0 Å². The number of allylic oxidation sites excluding steroid dienone is 26. The van der Waals surface area contributed by atoms with E-state index in [0.717, 1.165) is 122 Å². The van der Waals surface area contributed by atoms with Crippen LogP contribution in [0.4, 0.5) is 0 Å². The number of unbranched alkanes of at least 4 members (excludes halogenated alkanes) is 20. The van der Waals surface area contributed by atoms with E-state index < -0.39 is 12.1 Å². The van der Waals surface area contributed by atoms with Crippen molar-refractivity contribution in [3.63, 3.8) is 0 Å². The lowest BCUT2D eigenvalue weighted by Crippen LogP contribution is -2.30. The molecule has 0 aromatic heterocycles. The van der Waals surface area contributed by atoms with Gasteiger partial charge in [-0.3, -0.25) is 14.4 Å². The van der Waals surface area contributed by atoms with E-state index in [-0.39, 0.29) is 31.6 Å². The fourth-order valence-electron chi connectivity index (χ4n) is 8.51. The molecule has 450 valence electrons. The predicted molar refractivity (Wildman–Crippen MR) is 348 cm³/mol. The van der Waals surface area contributed by atoms with Crippen molar-refractivity contribution in [2.75, 3.05) is 13.2 Å². The van der Waals surface area contributed by atoms with Crippen LogP contribution in [-0.4, -0.2) is 37.2 Å². The van der Waals surface area contributed by atoms with Crippen molar-refractivity contribution in [3.05, 3.63) is 158 Å². The molecular weight excluding hydrogens is 985 g/mol. The molecule has 0 aromatic carbocycles. The summed E-state index contributed by atoms with van der Waals surface area (Å²) in [6.07, 6.45) is 97.0. The van der Waals surface area contributed by atoms with Crippen molar-refractivity contribution in [3.8, 4) is 0 Å². The number of carbonyl (C=O) groups excluding carboxylic acids is 3. The highest BCUT2D eigenvalue weighted by Gasteiger charge is 2.19. The maximum Gasteiger partial charge on any atom is 0.306 e. The molecule has 0 amide bonds. The first-order valence-corrected chi connectivity index (χ1v) is 32.5. The molecule has 0 rings (SSSR count). The summed E-state index contributed by atoms with van der Waals surface area (Å²) >= 11 is 0. The zero-order chi connectivity index (χ0) is 57.8. The minimum Gasteiger partial charge on any atom is -0.462 e. The Kier molecular flexibility index (Phi) is 62.4. The lowest BCUT2D eigenvalue weighted by molar-refractivity contribution is -0.166. The van der Waals surface area contributed by atoms with Crippen molar-refractivity contribution in [2.24, 2.45) is 0 Å². The quantitative estimate of drug-likeness (QED) is 0.0261. The summed E-state index contributed by atoms with van der Waals surface area (Å²) in [7, 11) is 0. The van der Waals surface area contributed by atoms with Gasteiger partial charge in [0.25, 0.3) is 0 Å². The van der Waals surface area contributed by atoms with Crippen LogP contribution in [0.2, 0.25) is 0 Å². The normalized spacial score (nSPS) is 13.2. The monoisotopic (exact) mass is 1100 g/mol. The number of hydrogen-bond acceptors (Lipinski definition) is 6. The summed E-state index contributed by atoms with van der Waals surface area (Å²) in [6.45, 7) is 6.33. The fraction of sp³-hybridized carbons (Fsp3) is 0.608. The Balaban J connectivity index is 4.29. The van der Waals surface area contributed by atoms with Crippen LogP contribution in [-0.2, 0) is 28.6 Å². The van der Waals surface area contributed by atoms with Crippen LogP contribution in [0.25, 0.3) is 0 Å². The van der Waals surface area contributed by atoms with E-state index in [4.69, 9.17) is 14.2 Å². The minimum absolute atomic E-state index is 0.112. The first kappa shape index (κ1) is 75.0. The van der Waals surface area contributed by atoms with Gasteiger partial charge >= 0.3 is 17.9 Å². The summed E-state index contributed by atoms with van der Waals surface area (Å²) in [4.78, 5) is 38.2. The van der Waals surface area contributed by atoms with Crippen LogP contribution < -0.4 is 0 Å². The molecule has 0 bridgehead atoms. The average Bonchev–Trinajstić information content (AvgIpc) is 3.46. The van der Waals surface area contributed by atoms with E-state index in [1.807, 2.05) is 6.08 Å². The molecule has 0 aliphatic rings. The second kappa shape index (κ2) is 66.5. The molecule has 0 radical (unpaired) electrons. The first-order chi connectivity index (χ1) is 39.5.